The van der Waals surface area contributed by atoms with Crippen molar-refractivity contribution in [3.05, 3.63) is 39.0 Å². The lowest BCUT2D eigenvalue weighted by Crippen LogP contribution is -2.05. The molecule has 0 saturated carbocycles. The average molecular weight is 315 g/mol. The van der Waals surface area contributed by atoms with Gasteiger partial charge in [0.1, 0.15) is 23.4 Å². The lowest BCUT2D eigenvalue weighted by Gasteiger charge is -2.18. The summed E-state index contributed by atoms with van der Waals surface area (Å²) in [5.41, 5.74) is 0.528. The number of halogens is 1. The number of ether oxygens (including phenoxy) is 3. The Morgan fingerprint density at radius 3 is 2.10 bits per heavy atom. The van der Waals surface area contributed by atoms with Crippen molar-refractivity contribution in [2.45, 2.75) is 6.10 Å². The van der Waals surface area contributed by atoms with Crippen LogP contribution in [0.15, 0.2) is 23.6 Å². The lowest BCUT2D eigenvalue weighted by molar-refractivity contribution is 0.212. The van der Waals surface area contributed by atoms with Crippen LogP contribution in [0, 0.1) is 0 Å². The standard InChI is InChI=1S/C14H15ClO4S/c1-17-8-6-10(18-2)12(11(7-8)19-3)13(16)14-9(15)4-5-20-14/h4-7,13,16H,1-3H3. The van der Waals surface area contributed by atoms with Crippen LogP contribution in [0.5, 0.6) is 17.2 Å². The summed E-state index contributed by atoms with van der Waals surface area (Å²) in [4.78, 5) is 0.647. The second-order valence-electron chi connectivity index (χ2n) is 3.98. The minimum Gasteiger partial charge on any atom is -0.496 e. The van der Waals surface area contributed by atoms with Crippen molar-refractivity contribution in [3.8, 4) is 17.2 Å². The van der Waals surface area contributed by atoms with Crippen LogP contribution >= 0.6 is 22.9 Å². The molecule has 0 aliphatic rings. The topological polar surface area (TPSA) is 47.9 Å². The van der Waals surface area contributed by atoms with E-state index in [1.165, 1.54) is 25.6 Å². The third-order valence-electron chi connectivity index (χ3n) is 2.92. The van der Waals surface area contributed by atoms with Crippen LogP contribution in [-0.4, -0.2) is 26.4 Å². The van der Waals surface area contributed by atoms with E-state index in [0.29, 0.717) is 32.7 Å². The van der Waals surface area contributed by atoms with Crippen LogP contribution in [0.2, 0.25) is 5.02 Å². The monoisotopic (exact) mass is 314 g/mol. The third-order valence-corrected chi connectivity index (χ3v) is 4.33. The number of benzene rings is 1. The van der Waals surface area contributed by atoms with Gasteiger partial charge in [0.05, 0.1) is 36.8 Å². The molecule has 0 radical (unpaired) electrons. The second-order valence-corrected chi connectivity index (χ2v) is 5.34. The van der Waals surface area contributed by atoms with E-state index < -0.39 is 6.10 Å². The molecule has 0 spiro atoms. The zero-order valence-electron chi connectivity index (χ0n) is 11.3. The molecule has 0 aliphatic carbocycles. The molecule has 0 amide bonds. The predicted octanol–water partition coefficient (Wildman–Crippen LogP) is 3.51. The number of rotatable bonds is 5. The number of hydrogen-bond donors (Lipinski definition) is 1. The fraction of sp³-hybridized carbons (Fsp3) is 0.286. The molecule has 1 unspecified atom stereocenters. The summed E-state index contributed by atoms with van der Waals surface area (Å²) < 4.78 is 15.8. The van der Waals surface area contributed by atoms with Crippen molar-refractivity contribution in [1.82, 2.24) is 0 Å². The first kappa shape index (κ1) is 15.0. The molecule has 0 aliphatic heterocycles. The van der Waals surface area contributed by atoms with Gasteiger partial charge in [0.25, 0.3) is 0 Å². The summed E-state index contributed by atoms with van der Waals surface area (Å²) in [6.07, 6.45) is -0.918. The van der Waals surface area contributed by atoms with Gasteiger partial charge in [-0.25, -0.2) is 0 Å². The van der Waals surface area contributed by atoms with Crippen molar-refractivity contribution in [3.63, 3.8) is 0 Å². The minimum absolute atomic E-state index is 0.484. The zero-order chi connectivity index (χ0) is 14.7. The van der Waals surface area contributed by atoms with Crippen molar-refractivity contribution in [2.24, 2.45) is 0 Å². The molecule has 0 saturated heterocycles. The maximum atomic E-state index is 10.6. The van der Waals surface area contributed by atoms with E-state index in [2.05, 4.69) is 0 Å². The summed E-state index contributed by atoms with van der Waals surface area (Å²) in [6.45, 7) is 0. The van der Waals surface area contributed by atoms with E-state index >= 15 is 0 Å². The Morgan fingerprint density at radius 1 is 1.10 bits per heavy atom. The maximum absolute atomic E-state index is 10.6. The minimum atomic E-state index is -0.918. The van der Waals surface area contributed by atoms with E-state index in [-0.39, 0.29) is 0 Å². The molecule has 1 aromatic heterocycles. The molecule has 20 heavy (non-hydrogen) atoms. The smallest absolute Gasteiger partial charge is 0.132 e. The van der Waals surface area contributed by atoms with Crippen molar-refractivity contribution in [1.29, 1.82) is 0 Å². The van der Waals surface area contributed by atoms with E-state index in [0.717, 1.165) is 0 Å². The molecule has 0 bridgehead atoms. The van der Waals surface area contributed by atoms with Crippen LogP contribution < -0.4 is 14.2 Å². The van der Waals surface area contributed by atoms with Gasteiger partial charge in [0, 0.05) is 12.1 Å². The lowest BCUT2D eigenvalue weighted by atomic mass is 10.0. The molecule has 108 valence electrons. The molecule has 6 heteroatoms. The Kier molecular flexibility index (Phi) is 4.75. The molecule has 1 aromatic carbocycles. The molecular formula is C14H15ClO4S. The van der Waals surface area contributed by atoms with E-state index in [9.17, 15) is 5.11 Å². The predicted molar refractivity (Wildman–Crippen MR) is 79.5 cm³/mol. The molecule has 0 fully saturated rings. The SMILES string of the molecule is COc1cc(OC)c(C(O)c2sccc2Cl)c(OC)c1. The Labute approximate surface area is 126 Å². The number of methoxy groups -OCH3 is 3. The first-order valence-electron chi connectivity index (χ1n) is 5.83. The van der Waals surface area contributed by atoms with Gasteiger partial charge in [-0.3, -0.25) is 0 Å². The van der Waals surface area contributed by atoms with Gasteiger partial charge >= 0.3 is 0 Å². The number of hydrogen-bond acceptors (Lipinski definition) is 5. The summed E-state index contributed by atoms with van der Waals surface area (Å²) in [7, 11) is 4.61. The van der Waals surface area contributed by atoms with Crippen LogP contribution in [0.3, 0.4) is 0 Å². The van der Waals surface area contributed by atoms with Crippen LogP contribution in [0.25, 0.3) is 0 Å². The van der Waals surface area contributed by atoms with Gasteiger partial charge in [0.2, 0.25) is 0 Å². The fourth-order valence-electron chi connectivity index (χ4n) is 1.93. The van der Waals surface area contributed by atoms with Crippen molar-refractivity contribution < 1.29 is 19.3 Å². The molecule has 1 N–H and O–H groups in total. The van der Waals surface area contributed by atoms with Crippen molar-refractivity contribution in [2.75, 3.05) is 21.3 Å². The highest BCUT2D eigenvalue weighted by Crippen LogP contribution is 2.43. The third kappa shape index (κ3) is 2.70. The average Bonchev–Trinajstić information content (AvgIpc) is 2.91. The quantitative estimate of drug-likeness (QED) is 0.917. The first-order valence-corrected chi connectivity index (χ1v) is 7.09. The van der Waals surface area contributed by atoms with Crippen molar-refractivity contribution >= 4 is 22.9 Å². The van der Waals surface area contributed by atoms with E-state index in [1.54, 1.807) is 25.3 Å². The van der Waals surface area contributed by atoms with Gasteiger partial charge in [-0.1, -0.05) is 11.6 Å². The van der Waals surface area contributed by atoms with E-state index in [4.69, 9.17) is 25.8 Å². The summed E-state index contributed by atoms with van der Waals surface area (Å²) in [6, 6.07) is 5.14. The summed E-state index contributed by atoms with van der Waals surface area (Å²) in [5, 5.41) is 12.9. The van der Waals surface area contributed by atoms with Gasteiger partial charge in [-0.05, 0) is 11.4 Å². The Bertz CT molecular complexity index is 572. The number of aliphatic hydroxyl groups excluding tert-OH is 1. The van der Waals surface area contributed by atoms with Gasteiger partial charge in [0.15, 0.2) is 0 Å². The van der Waals surface area contributed by atoms with Gasteiger partial charge in [-0.2, -0.15) is 0 Å². The Hall–Kier alpha value is -1.43. The van der Waals surface area contributed by atoms with Crippen LogP contribution in [-0.2, 0) is 0 Å². The molecule has 4 nitrogen and oxygen atoms in total. The molecule has 1 heterocycles. The fourth-order valence-corrected chi connectivity index (χ4v) is 3.09. The summed E-state index contributed by atoms with van der Waals surface area (Å²) in [5.74, 6) is 1.56. The zero-order valence-corrected chi connectivity index (χ0v) is 12.9. The highest BCUT2D eigenvalue weighted by atomic mass is 35.5. The number of aliphatic hydroxyl groups is 1. The second kappa shape index (κ2) is 6.35. The maximum Gasteiger partial charge on any atom is 0.132 e. The number of thiophene rings is 1. The highest BCUT2D eigenvalue weighted by Gasteiger charge is 2.24. The summed E-state index contributed by atoms with van der Waals surface area (Å²) >= 11 is 7.45. The largest absolute Gasteiger partial charge is 0.496 e. The molecule has 1 atom stereocenters. The van der Waals surface area contributed by atoms with Gasteiger partial charge in [-0.15, -0.1) is 11.3 Å². The highest BCUT2D eigenvalue weighted by molar-refractivity contribution is 7.10. The first-order chi connectivity index (χ1) is 9.62. The molecule has 2 aromatic rings. The molecule has 2 rings (SSSR count). The van der Waals surface area contributed by atoms with Gasteiger partial charge < -0.3 is 19.3 Å². The van der Waals surface area contributed by atoms with Crippen LogP contribution in [0.1, 0.15) is 16.5 Å². The van der Waals surface area contributed by atoms with E-state index in [1.807, 2.05) is 5.38 Å². The Balaban J connectivity index is 2.57. The Morgan fingerprint density at radius 2 is 1.70 bits per heavy atom. The van der Waals surface area contributed by atoms with Crippen LogP contribution in [0.4, 0.5) is 0 Å². The molecular weight excluding hydrogens is 300 g/mol. The normalized spacial score (nSPS) is 12.1.